The van der Waals surface area contributed by atoms with Crippen LogP contribution in [0.4, 0.5) is 0 Å². The second-order valence-corrected chi connectivity index (χ2v) is 7.34. The largest absolute Gasteiger partial charge is 0.246 e. The van der Waals surface area contributed by atoms with Crippen molar-refractivity contribution in [3.8, 4) is 0 Å². The van der Waals surface area contributed by atoms with Crippen LogP contribution in [0.15, 0.2) is 5.38 Å². The number of rotatable bonds is 4. The first kappa shape index (κ1) is 13.7. The molecule has 0 aromatic carbocycles. The maximum atomic E-state index is 4.74. The highest BCUT2D eigenvalue weighted by Gasteiger charge is 2.15. The van der Waals surface area contributed by atoms with Crippen molar-refractivity contribution >= 4 is 11.3 Å². The Hall–Kier alpha value is -0.370. The summed E-state index contributed by atoms with van der Waals surface area (Å²) in [5.74, 6) is 1.47. The third-order valence-corrected chi connectivity index (χ3v) is 3.85. The fourth-order valence-corrected chi connectivity index (χ4v) is 2.65. The van der Waals surface area contributed by atoms with Crippen LogP contribution in [0, 0.1) is 17.3 Å². The van der Waals surface area contributed by atoms with E-state index in [2.05, 4.69) is 46.9 Å². The Bertz CT molecular complexity index is 320. The molecule has 0 amide bonds. The Morgan fingerprint density at radius 2 is 1.88 bits per heavy atom. The fraction of sp³-hybridized carbons (Fsp3) is 0.786. The van der Waals surface area contributed by atoms with E-state index < -0.39 is 0 Å². The van der Waals surface area contributed by atoms with Gasteiger partial charge in [0, 0.05) is 11.8 Å². The zero-order valence-corrected chi connectivity index (χ0v) is 12.3. The van der Waals surface area contributed by atoms with E-state index >= 15 is 0 Å². The van der Waals surface area contributed by atoms with Crippen molar-refractivity contribution in [1.29, 1.82) is 0 Å². The molecule has 0 saturated heterocycles. The molecule has 1 heterocycles. The average Bonchev–Trinajstić information content (AvgIpc) is 2.49. The van der Waals surface area contributed by atoms with Gasteiger partial charge < -0.3 is 0 Å². The molecule has 0 saturated carbocycles. The lowest BCUT2D eigenvalue weighted by molar-refractivity contribution is 0.404. The van der Waals surface area contributed by atoms with Gasteiger partial charge in [0.1, 0.15) is 0 Å². The maximum absolute atomic E-state index is 4.74. The minimum absolute atomic E-state index is 0.346. The van der Waals surface area contributed by atoms with Gasteiger partial charge in [-0.3, -0.25) is 0 Å². The summed E-state index contributed by atoms with van der Waals surface area (Å²) in [5, 5.41) is 3.53. The van der Waals surface area contributed by atoms with Crippen LogP contribution in [0.2, 0.25) is 0 Å². The standard InChI is InChI=1S/C14H25NS/c1-10(2)11(3)7-12-9-16-13(15-12)8-14(4,5)6/h9-11H,7-8H2,1-6H3. The van der Waals surface area contributed by atoms with Gasteiger partial charge in [0.05, 0.1) is 10.7 Å². The third-order valence-electron chi connectivity index (χ3n) is 2.95. The summed E-state index contributed by atoms with van der Waals surface area (Å²) in [4.78, 5) is 4.74. The van der Waals surface area contributed by atoms with Crippen LogP contribution in [0.25, 0.3) is 0 Å². The van der Waals surface area contributed by atoms with Gasteiger partial charge in [-0.05, 0) is 23.7 Å². The summed E-state index contributed by atoms with van der Waals surface area (Å²) in [6, 6.07) is 0. The number of hydrogen-bond acceptors (Lipinski definition) is 2. The van der Waals surface area contributed by atoms with Crippen LogP contribution in [0.1, 0.15) is 52.2 Å². The van der Waals surface area contributed by atoms with E-state index in [1.54, 1.807) is 0 Å². The van der Waals surface area contributed by atoms with Gasteiger partial charge in [-0.1, -0.05) is 41.5 Å². The van der Waals surface area contributed by atoms with Gasteiger partial charge in [0.25, 0.3) is 0 Å². The Morgan fingerprint density at radius 3 is 2.38 bits per heavy atom. The molecule has 16 heavy (non-hydrogen) atoms. The molecule has 0 radical (unpaired) electrons. The van der Waals surface area contributed by atoms with E-state index in [-0.39, 0.29) is 0 Å². The van der Waals surface area contributed by atoms with Crippen molar-refractivity contribution in [3.05, 3.63) is 16.1 Å². The van der Waals surface area contributed by atoms with Crippen LogP contribution in [-0.2, 0) is 12.8 Å². The summed E-state index contributed by atoms with van der Waals surface area (Å²) in [6.45, 7) is 13.7. The van der Waals surface area contributed by atoms with E-state index in [9.17, 15) is 0 Å². The van der Waals surface area contributed by atoms with E-state index in [1.807, 2.05) is 11.3 Å². The molecule has 1 aromatic rings. The first-order valence-corrected chi connectivity index (χ1v) is 7.09. The molecule has 0 spiro atoms. The zero-order chi connectivity index (χ0) is 12.3. The first-order valence-electron chi connectivity index (χ1n) is 6.21. The van der Waals surface area contributed by atoms with Crippen molar-refractivity contribution in [2.45, 2.75) is 54.4 Å². The van der Waals surface area contributed by atoms with Gasteiger partial charge in [0.2, 0.25) is 0 Å². The number of aromatic nitrogens is 1. The van der Waals surface area contributed by atoms with Gasteiger partial charge in [-0.2, -0.15) is 0 Å². The highest BCUT2D eigenvalue weighted by molar-refractivity contribution is 7.09. The van der Waals surface area contributed by atoms with Crippen LogP contribution in [0.5, 0.6) is 0 Å². The molecular formula is C14H25NS. The van der Waals surface area contributed by atoms with E-state index in [0.29, 0.717) is 5.41 Å². The van der Waals surface area contributed by atoms with Crippen LogP contribution >= 0.6 is 11.3 Å². The number of hydrogen-bond donors (Lipinski definition) is 0. The topological polar surface area (TPSA) is 12.9 Å². The molecule has 1 atom stereocenters. The molecule has 0 aliphatic rings. The van der Waals surface area contributed by atoms with Crippen molar-refractivity contribution in [3.63, 3.8) is 0 Å². The van der Waals surface area contributed by atoms with Gasteiger partial charge in [-0.25, -0.2) is 4.98 Å². The normalized spacial score (nSPS) is 14.4. The summed E-state index contributed by atoms with van der Waals surface area (Å²) in [6.07, 6.45) is 2.21. The highest BCUT2D eigenvalue weighted by Crippen LogP contribution is 2.24. The van der Waals surface area contributed by atoms with E-state index in [0.717, 1.165) is 24.7 Å². The lowest BCUT2D eigenvalue weighted by Crippen LogP contribution is -2.10. The summed E-state index contributed by atoms with van der Waals surface area (Å²) in [5.41, 5.74) is 1.63. The smallest absolute Gasteiger partial charge is 0.0933 e. The van der Waals surface area contributed by atoms with Crippen molar-refractivity contribution < 1.29 is 0 Å². The molecule has 0 N–H and O–H groups in total. The Kier molecular flexibility index (Phi) is 4.54. The SMILES string of the molecule is CC(C)C(C)Cc1csc(CC(C)(C)C)n1. The summed E-state index contributed by atoms with van der Waals surface area (Å²) >= 11 is 1.82. The summed E-state index contributed by atoms with van der Waals surface area (Å²) in [7, 11) is 0. The van der Waals surface area contributed by atoms with Crippen molar-refractivity contribution in [2.75, 3.05) is 0 Å². The molecular weight excluding hydrogens is 214 g/mol. The van der Waals surface area contributed by atoms with Crippen LogP contribution < -0.4 is 0 Å². The lowest BCUT2D eigenvalue weighted by atomic mass is 9.92. The van der Waals surface area contributed by atoms with Gasteiger partial charge in [0.15, 0.2) is 0 Å². The average molecular weight is 239 g/mol. The predicted molar refractivity (Wildman–Crippen MR) is 73.0 cm³/mol. The van der Waals surface area contributed by atoms with Crippen molar-refractivity contribution in [1.82, 2.24) is 4.98 Å². The van der Waals surface area contributed by atoms with Gasteiger partial charge in [-0.15, -0.1) is 11.3 Å². The molecule has 1 rings (SSSR count). The molecule has 1 nitrogen and oxygen atoms in total. The van der Waals surface area contributed by atoms with E-state index in [4.69, 9.17) is 4.98 Å². The van der Waals surface area contributed by atoms with Crippen LogP contribution in [-0.4, -0.2) is 4.98 Å². The minimum atomic E-state index is 0.346. The quantitative estimate of drug-likeness (QED) is 0.750. The molecule has 0 fully saturated rings. The van der Waals surface area contributed by atoms with Crippen molar-refractivity contribution in [2.24, 2.45) is 17.3 Å². The minimum Gasteiger partial charge on any atom is -0.246 e. The molecule has 92 valence electrons. The maximum Gasteiger partial charge on any atom is 0.0933 e. The molecule has 2 heteroatoms. The Morgan fingerprint density at radius 1 is 1.25 bits per heavy atom. The predicted octanol–water partition coefficient (Wildman–Crippen LogP) is 4.57. The molecule has 0 aliphatic heterocycles. The third kappa shape index (κ3) is 4.65. The molecule has 0 aliphatic carbocycles. The van der Waals surface area contributed by atoms with Crippen LogP contribution in [0.3, 0.4) is 0 Å². The lowest BCUT2D eigenvalue weighted by Gasteiger charge is -2.15. The zero-order valence-electron chi connectivity index (χ0n) is 11.5. The van der Waals surface area contributed by atoms with E-state index in [1.165, 1.54) is 10.7 Å². The van der Waals surface area contributed by atoms with Gasteiger partial charge >= 0.3 is 0 Å². The molecule has 0 bridgehead atoms. The first-order chi connectivity index (χ1) is 7.28. The molecule has 1 aromatic heterocycles. The fourth-order valence-electron chi connectivity index (χ4n) is 1.54. The Labute approximate surface area is 104 Å². The number of nitrogens with zero attached hydrogens (tertiary/aromatic N) is 1. The highest BCUT2D eigenvalue weighted by atomic mass is 32.1. The Balaban J connectivity index is 2.58. The number of thiazole rings is 1. The second-order valence-electron chi connectivity index (χ2n) is 6.40. The second kappa shape index (κ2) is 5.31. The summed E-state index contributed by atoms with van der Waals surface area (Å²) < 4.78 is 0. The monoisotopic (exact) mass is 239 g/mol. The molecule has 1 unspecified atom stereocenters.